The third kappa shape index (κ3) is 4.38. The largest absolute Gasteiger partial charge is 0.463 e. The van der Waals surface area contributed by atoms with E-state index < -0.39 is 23.6 Å². The van der Waals surface area contributed by atoms with Gasteiger partial charge >= 0.3 is 12.1 Å². The number of rotatable bonds is 4. The molecule has 0 radical (unpaired) electrons. The normalized spacial score (nSPS) is 16.6. The van der Waals surface area contributed by atoms with Crippen molar-refractivity contribution in [1.82, 2.24) is 4.98 Å². The van der Waals surface area contributed by atoms with Crippen LogP contribution in [0.4, 0.5) is 13.2 Å². The highest BCUT2D eigenvalue weighted by atomic mass is 19.4. The van der Waals surface area contributed by atoms with E-state index in [0.717, 1.165) is 12.3 Å². The minimum Gasteiger partial charge on any atom is -0.463 e. The van der Waals surface area contributed by atoms with Gasteiger partial charge in [-0.1, -0.05) is 24.3 Å². The lowest BCUT2D eigenvalue weighted by atomic mass is 9.82. The molecule has 1 aromatic heterocycles. The first-order valence-corrected chi connectivity index (χ1v) is 9.26. The van der Waals surface area contributed by atoms with Crippen molar-refractivity contribution in [2.24, 2.45) is 5.73 Å². The number of esters is 1. The van der Waals surface area contributed by atoms with E-state index in [1.165, 1.54) is 6.07 Å². The maximum atomic E-state index is 12.7. The molecule has 2 N–H and O–H groups in total. The van der Waals surface area contributed by atoms with Crippen LogP contribution in [-0.2, 0) is 20.4 Å². The summed E-state index contributed by atoms with van der Waals surface area (Å²) < 4.78 is 48.7. The van der Waals surface area contributed by atoms with Gasteiger partial charge < -0.3 is 15.2 Å². The average molecular weight is 429 g/mol. The molecule has 0 amide bonds. The first-order chi connectivity index (χ1) is 14.7. The summed E-state index contributed by atoms with van der Waals surface area (Å²) in [5.74, 6) is -1.30. The van der Waals surface area contributed by atoms with E-state index in [-0.39, 0.29) is 29.4 Å². The number of pyridine rings is 1. The Labute approximate surface area is 176 Å². The van der Waals surface area contributed by atoms with E-state index in [2.05, 4.69) is 4.98 Å². The summed E-state index contributed by atoms with van der Waals surface area (Å²) in [6, 6.07) is 10.8. The minimum atomic E-state index is -4.47. The maximum Gasteiger partial charge on any atom is 0.417 e. The molecule has 1 aromatic carbocycles. The summed E-state index contributed by atoms with van der Waals surface area (Å²) in [6.07, 6.45) is -3.70. The first-order valence-electron chi connectivity index (χ1n) is 9.26. The summed E-state index contributed by atoms with van der Waals surface area (Å²) >= 11 is 0. The summed E-state index contributed by atoms with van der Waals surface area (Å²) in [4.78, 5) is 16.4. The third-order valence-electron chi connectivity index (χ3n) is 4.73. The van der Waals surface area contributed by atoms with Crippen LogP contribution in [-0.4, -0.2) is 17.6 Å². The molecule has 0 saturated carbocycles. The lowest BCUT2D eigenvalue weighted by molar-refractivity contribution is -0.139. The van der Waals surface area contributed by atoms with E-state index in [9.17, 15) is 23.2 Å². The van der Waals surface area contributed by atoms with Crippen molar-refractivity contribution < 1.29 is 27.4 Å². The number of carbonyl (C=O) groups excluding carboxylic acids is 1. The van der Waals surface area contributed by atoms with Crippen molar-refractivity contribution in [1.29, 1.82) is 5.26 Å². The van der Waals surface area contributed by atoms with Crippen LogP contribution in [0.15, 0.2) is 65.4 Å². The zero-order valence-corrected chi connectivity index (χ0v) is 16.7. The van der Waals surface area contributed by atoms with E-state index in [1.807, 2.05) is 6.07 Å². The quantitative estimate of drug-likeness (QED) is 0.723. The molecule has 160 valence electrons. The second-order valence-corrected chi connectivity index (χ2v) is 6.67. The predicted octanol–water partition coefficient (Wildman–Crippen LogP) is 4.41. The molecule has 9 heteroatoms. The highest BCUT2D eigenvalue weighted by Gasteiger charge is 2.36. The standard InChI is InChI=1S/C22H18F3N3O3/c1-3-30-21(29)18-12(2)31-20(27)16(10-26)19(18)14-6-4-13(5-7-14)17-9-8-15(11-28-17)22(23,24)25/h4-9,11,19H,3,27H2,1-2H3. The highest BCUT2D eigenvalue weighted by Crippen LogP contribution is 2.40. The molecular weight excluding hydrogens is 411 g/mol. The number of hydrogen-bond acceptors (Lipinski definition) is 6. The van der Waals surface area contributed by atoms with Crippen LogP contribution in [0.3, 0.4) is 0 Å². The van der Waals surface area contributed by atoms with Crippen LogP contribution < -0.4 is 5.73 Å². The monoisotopic (exact) mass is 429 g/mol. The number of aromatic nitrogens is 1. The van der Waals surface area contributed by atoms with Gasteiger partial charge in [-0.25, -0.2) is 4.79 Å². The second-order valence-electron chi connectivity index (χ2n) is 6.67. The molecule has 1 aliphatic heterocycles. The van der Waals surface area contributed by atoms with Gasteiger partial charge in [-0.3, -0.25) is 4.98 Å². The van der Waals surface area contributed by atoms with E-state index in [4.69, 9.17) is 15.2 Å². The number of alkyl halides is 3. The molecule has 1 aliphatic rings. The SMILES string of the molecule is CCOC(=O)C1=C(C)OC(N)=C(C#N)C1c1ccc(-c2ccc(C(F)(F)F)cn2)cc1. The molecule has 1 atom stereocenters. The fourth-order valence-electron chi connectivity index (χ4n) is 3.27. The van der Waals surface area contributed by atoms with Crippen molar-refractivity contribution in [2.75, 3.05) is 6.61 Å². The van der Waals surface area contributed by atoms with Gasteiger partial charge in [0.05, 0.1) is 29.4 Å². The van der Waals surface area contributed by atoms with Crippen molar-refractivity contribution >= 4 is 5.97 Å². The number of benzene rings is 1. The topological polar surface area (TPSA) is 98.2 Å². The molecule has 3 rings (SSSR count). The van der Waals surface area contributed by atoms with Gasteiger partial charge in [0.15, 0.2) is 0 Å². The molecule has 2 aromatic rings. The van der Waals surface area contributed by atoms with Crippen LogP contribution in [0, 0.1) is 11.3 Å². The number of nitrogens with zero attached hydrogens (tertiary/aromatic N) is 2. The molecule has 2 heterocycles. The Morgan fingerprint density at radius 1 is 1.26 bits per heavy atom. The number of hydrogen-bond donors (Lipinski definition) is 1. The summed E-state index contributed by atoms with van der Waals surface area (Å²) in [5, 5.41) is 9.59. The van der Waals surface area contributed by atoms with Crippen molar-refractivity contribution in [3.63, 3.8) is 0 Å². The Hall–Kier alpha value is -3.80. The Bertz CT molecular complexity index is 1100. The average Bonchev–Trinajstić information content (AvgIpc) is 2.73. The molecule has 31 heavy (non-hydrogen) atoms. The van der Waals surface area contributed by atoms with Crippen LogP contribution in [0.1, 0.15) is 30.9 Å². The summed E-state index contributed by atoms with van der Waals surface area (Å²) in [5.41, 5.74) is 6.73. The highest BCUT2D eigenvalue weighted by molar-refractivity contribution is 5.92. The Morgan fingerprint density at radius 3 is 2.45 bits per heavy atom. The van der Waals surface area contributed by atoms with Crippen molar-refractivity contribution in [3.05, 3.63) is 76.5 Å². The number of allylic oxidation sites excluding steroid dienone is 2. The second kappa shape index (κ2) is 8.52. The molecule has 0 aliphatic carbocycles. The van der Waals surface area contributed by atoms with Gasteiger partial charge in [0, 0.05) is 11.8 Å². The van der Waals surface area contributed by atoms with Crippen LogP contribution in [0.2, 0.25) is 0 Å². The van der Waals surface area contributed by atoms with E-state index in [1.54, 1.807) is 38.1 Å². The molecule has 0 fully saturated rings. The fourth-order valence-corrected chi connectivity index (χ4v) is 3.27. The van der Waals surface area contributed by atoms with Crippen molar-refractivity contribution in [3.8, 4) is 17.3 Å². The molecule has 0 bridgehead atoms. The number of carbonyl (C=O) groups is 1. The Kier molecular flexibility index (Phi) is 6.02. The number of nitriles is 1. The molecule has 0 saturated heterocycles. The smallest absolute Gasteiger partial charge is 0.417 e. The maximum absolute atomic E-state index is 12.7. The van der Waals surface area contributed by atoms with Crippen LogP contribution in [0.5, 0.6) is 0 Å². The molecule has 0 spiro atoms. The number of ether oxygens (including phenoxy) is 2. The van der Waals surface area contributed by atoms with Gasteiger partial charge in [0.2, 0.25) is 5.88 Å². The lowest BCUT2D eigenvalue weighted by Gasteiger charge is -2.26. The van der Waals surface area contributed by atoms with E-state index in [0.29, 0.717) is 16.8 Å². The summed E-state index contributed by atoms with van der Waals surface area (Å²) in [6.45, 7) is 3.36. The number of halogens is 3. The van der Waals surface area contributed by atoms with Gasteiger partial charge in [-0.05, 0) is 31.5 Å². The molecule has 1 unspecified atom stereocenters. The van der Waals surface area contributed by atoms with Gasteiger partial charge in [-0.15, -0.1) is 0 Å². The fraction of sp³-hybridized carbons (Fsp3) is 0.227. The first kappa shape index (κ1) is 21.9. The van der Waals surface area contributed by atoms with Gasteiger partial charge in [0.25, 0.3) is 0 Å². The van der Waals surface area contributed by atoms with Gasteiger partial charge in [-0.2, -0.15) is 18.4 Å². The van der Waals surface area contributed by atoms with E-state index >= 15 is 0 Å². The molecular formula is C22H18F3N3O3. The Morgan fingerprint density at radius 2 is 1.94 bits per heavy atom. The Balaban J connectivity index is 1.99. The predicted molar refractivity (Wildman–Crippen MR) is 105 cm³/mol. The summed E-state index contributed by atoms with van der Waals surface area (Å²) in [7, 11) is 0. The lowest BCUT2D eigenvalue weighted by Crippen LogP contribution is -2.25. The zero-order valence-electron chi connectivity index (χ0n) is 16.7. The molecule has 6 nitrogen and oxygen atoms in total. The minimum absolute atomic E-state index is 0.0639. The zero-order chi connectivity index (χ0) is 22.8. The van der Waals surface area contributed by atoms with Gasteiger partial charge in [0.1, 0.15) is 17.4 Å². The van der Waals surface area contributed by atoms with Crippen LogP contribution >= 0.6 is 0 Å². The van der Waals surface area contributed by atoms with Crippen LogP contribution in [0.25, 0.3) is 11.3 Å². The third-order valence-corrected chi connectivity index (χ3v) is 4.73. The number of nitrogens with two attached hydrogens (primary N) is 1. The van der Waals surface area contributed by atoms with Crippen molar-refractivity contribution in [2.45, 2.75) is 25.9 Å².